The predicted octanol–water partition coefficient (Wildman–Crippen LogP) is 2.28. The number of aromatic nitrogens is 2. The highest BCUT2D eigenvalue weighted by Gasteiger charge is 2.07. The van der Waals surface area contributed by atoms with Gasteiger partial charge in [-0.1, -0.05) is 29.8 Å². The second-order valence-corrected chi connectivity index (χ2v) is 4.10. The van der Waals surface area contributed by atoms with Crippen molar-refractivity contribution in [3.8, 4) is 0 Å². The Morgan fingerprint density at radius 1 is 1.41 bits per heavy atom. The summed E-state index contributed by atoms with van der Waals surface area (Å²) in [6.45, 7) is 0. The maximum absolute atomic E-state index is 10.5. The largest absolute Gasteiger partial charge is 0.481 e. The van der Waals surface area contributed by atoms with Crippen LogP contribution in [-0.2, 0) is 17.6 Å². The molecule has 0 fully saturated rings. The van der Waals surface area contributed by atoms with E-state index in [0.29, 0.717) is 23.0 Å². The number of nitrogens with one attached hydrogen (secondary N) is 1. The first-order chi connectivity index (χ1) is 8.15. The molecule has 5 heteroatoms. The monoisotopic (exact) mass is 250 g/mol. The standard InChI is InChI=1S/C12H11ClN2O2/c13-10-4-2-1-3-8(10)5-11-14-7-9(15-11)6-12(16)17/h1-4,7H,5-6H2,(H,14,15)(H,16,17). The quantitative estimate of drug-likeness (QED) is 0.875. The molecule has 0 bridgehead atoms. The number of carbonyl (C=O) groups is 1. The van der Waals surface area contributed by atoms with Crippen molar-refractivity contribution in [2.24, 2.45) is 0 Å². The summed E-state index contributed by atoms with van der Waals surface area (Å²) in [4.78, 5) is 17.6. The molecule has 2 N–H and O–H groups in total. The summed E-state index contributed by atoms with van der Waals surface area (Å²) < 4.78 is 0. The van der Waals surface area contributed by atoms with E-state index in [4.69, 9.17) is 16.7 Å². The smallest absolute Gasteiger partial charge is 0.309 e. The van der Waals surface area contributed by atoms with Crippen LogP contribution in [0.15, 0.2) is 30.5 Å². The zero-order valence-corrected chi connectivity index (χ0v) is 9.74. The molecule has 2 rings (SSSR count). The van der Waals surface area contributed by atoms with E-state index in [-0.39, 0.29) is 6.42 Å². The van der Waals surface area contributed by atoms with Crippen molar-refractivity contribution in [3.63, 3.8) is 0 Å². The Morgan fingerprint density at radius 2 is 2.18 bits per heavy atom. The van der Waals surface area contributed by atoms with Crippen molar-refractivity contribution in [1.82, 2.24) is 9.97 Å². The molecule has 88 valence electrons. The highest BCUT2D eigenvalue weighted by atomic mass is 35.5. The van der Waals surface area contributed by atoms with Gasteiger partial charge in [0.25, 0.3) is 0 Å². The number of hydrogen-bond donors (Lipinski definition) is 2. The van der Waals surface area contributed by atoms with Crippen molar-refractivity contribution in [3.05, 3.63) is 52.6 Å². The fourth-order valence-electron chi connectivity index (χ4n) is 1.57. The number of carboxylic acids is 1. The zero-order chi connectivity index (χ0) is 12.3. The second kappa shape index (κ2) is 5.01. The van der Waals surface area contributed by atoms with Crippen LogP contribution in [0.1, 0.15) is 17.1 Å². The number of H-pyrrole nitrogens is 1. The Kier molecular flexibility index (Phi) is 3.44. The molecule has 0 spiro atoms. The van der Waals surface area contributed by atoms with Crippen molar-refractivity contribution in [2.75, 3.05) is 0 Å². The first-order valence-corrected chi connectivity index (χ1v) is 5.51. The average molecular weight is 251 g/mol. The third kappa shape index (κ3) is 3.07. The summed E-state index contributed by atoms with van der Waals surface area (Å²) in [6, 6.07) is 7.51. The minimum atomic E-state index is -0.877. The molecule has 4 nitrogen and oxygen atoms in total. The van der Waals surface area contributed by atoms with Crippen LogP contribution < -0.4 is 0 Å². The highest BCUT2D eigenvalue weighted by molar-refractivity contribution is 6.31. The van der Waals surface area contributed by atoms with Crippen molar-refractivity contribution in [1.29, 1.82) is 0 Å². The molecule has 0 saturated heterocycles. The fourth-order valence-corrected chi connectivity index (χ4v) is 1.77. The molecule has 0 amide bonds. The summed E-state index contributed by atoms with van der Waals surface area (Å²) >= 11 is 6.03. The summed E-state index contributed by atoms with van der Waals surface area (Å²) in [5.74, 6) is -0.160. The van der Waals surface area contributed by atoms with E-state index < -0.39 is 5.97 Å². The van der Waals surface area contributed by atoms with E-state index in [9.17, 15) is 4.79 Å². The summed E-state index contributed by atoms with van der Waals surface area (Å²) in [5, 5.41) is 9.33. The molecule has 0 saturated carbocycles. The Bertz CT molecular complexity index is 537. The van der Waals surface area contributed by atoms with Gasteiger partial charge >= 0.3 is 5.97 Å². The number of halogens is 1. The first kappa shape index (κ1) is 11.7. The number of nitrogens with zero attached hydrogens (tertiary/aromatic N) is 1. The lowest BCUT2D eigenvalue weighted by molar-refractivity contribution is -0.136. The van der Waals surface area contributed by atoms with Gasteiger partial charge in [-0.05, 0) is 11.6 Å². The van der Waals surface area contributed by atoms with Gasteiger partial charge in [-0.3, -0.25) is 4.79 Å². The van der Waals surface area contributed by atoms with Crippen LogP contribution in [0.4, 0.5) is 0 Å². The van der Waals surface area contributed by atoms with Crippen molar-refractivity contribution < 1.29 is 9.90 Å². The fraction of sp³-hybridized carbons (Fsp3) is 0.167. The number of benzene rings is 1. The normalized spacial score (nSPS) is 10.4. The highest BCUT2D eigenvalue weighted by Crippen LogP contribution is 2.17. The lowest BCUT2D eigenvalue weighted by Gasteiger charge is -2.00. The number of hydrogen-bond acceptors (Lipinski definition) is 2. The number of rotatable bonds is 4. The first-order valence-electron chi connectivity index (χ1n) is 5.13. The molecule has 0 aliphatic rings. The summed E-state index contributed by atoms with van der Waals surface area (Å²) in [5.41, 5.74) is 1.56. The topological polar surface area (TPSA) is 66.0 Å². The molecule has 0 atom stereocenters. The predicted molar refractivity (Wildman–Crippen MR) is 64.2 cm³/mol. The van der Waals surface area contributed by atoms with Gasteiger partial charge in [-0.15, -0.1) is 0 Å². The van der Waals surface area contributed by atoms with Crippen LogP contribution in [0.3, 0.4) is 0 Å². The van der Waals surface area contributed by atoms with Crippen LogP contribution in [-0.4, -0.2) is 21.0 Å². The van der Waals surface area contributed by atoms with Crippen LogP contribution in [0, 0.1) is 0 Å². The van der Waals surface area contributed by atoms with Gasteiger partial charge < -0.3 is 10.1 Å². The average Bonchev–Trinajstić information content (AvgIpc) is 2.68. The van der Waals surface area contributed by atoms with Crippen LogP contribution in [0.25, 0.3) is 0 Å². The summed E-state index contributed by atoms with van der Waals surface area (Å²) in [6.07, 6.45) is 2.06. The van der Waals surface area contributed by atoms with Crippen LogP contribution in [0.5, 0.6) is 0 Å². The SMILES string of the molecule is O=C(O)Cc1cnc(Cc2ccccc2Cl)[nH]1. The van der Waals surface area contributed by atoms with Gasteiger partial charge in [0.15, 0.2) is 0 Å². The van der Waals surface area contributed by atoms with Gasteiger partial charge in [0.2, 0.25) is 0 Å². The number of carboxylic acid groups (broad SMARTS) is 1. The molecule has 17 heavy (non-hydrogen) atoms. The second-order valence-electron chi connectivity index (χ2n) is 3.69. The minimum absolute atomic E-state index is 0.0461. The van der Waals surface area contributed by atoms with E-state index in [1.165, 1.54) is 0 Å². The molecule has 1 heterocycles. The Hall–Kier alpha value is -1.81. The third-order valence-electron chi connectivity index (χ3n) is 2.34. The maximum atomic E-state index is 10.5. The Balaban J connectivity index is 2.12. The van der Waals surface area contributed by atoms with E-state index in [1.54, 1.807) is 6.20 Å². The summed E-state index contributed by atoms with van der Waals surface area (Å²) in [7, 11) is 0. The molecule has 0 aliphatic heterocycles. The molecular weight excluding hydrogens is 240 g/mol. The number of aromatic amines is 1. The van der Waals surface area contributed by atoms with E-state index >= 15 is 0 Å². The third-order valence-corrected chi connectivity index (χ3v) is 2.71. The molecular formula is C12H11ClN2O2. The lowest BCUT2D eigenvalue weighted by atomic mass is 10.1. The molecule has 0 unspecified atom stereocenters. The van der Waals surface area contributed by atoms with E-state index in [0.717, 1.165) is 5.56 Å². The number of aliphatic carboxylic acids is 1. The van der Waals surface area contributed by atoms with Crippen molar-refractivity contribution >= 4 is 17.6 Å². The number of imidazole rings is 1. The van der Waals surface area contributed by atoms with E-state index in [1.807, 2.05) is 24.3 Å². The molecule has 0 radical (unpaired) electrons. The van der Waals surface area contributed by atoms with E-state index in [2.05, 4.69) is 9.97 Å². The van der Waals surface area contributed by atoms with Crippen LogP contribution in [0.2, 0.25) is 5.02 Å². The lowest BCUT2D eigenvalue weighted by Crippen LogP contribution is -2.00. The van der Waals surface area contributed by atoms with Crippen molar-refractivity contribution in [2.45, 2.75) is 12.8 Å². The maximum Gasteiger partial charge on any atom is 0.309 e. The zero-order valence-electron chi connectivity index (χ0n) is 8.98. The van der Waals surface area contributed by atoms with Gasteiger partial charge in [-0.25, -0.2) is 4.98 Å². The van der Waals surface area contributed by atoms with Gasteiger partial charge in [0, 0.05) is 23.3 Å². The molecule has 1 aromatic carbocycles. The van der Waals surface area contributed by atoms with Gasteiger partial charge in [0.05, 0.1) is 6.42 Å². The molecule has 2 aromatic rings. The Morgan fingerprint density at radius 3 is 2.88 bits per heavy atom. The Labute approximate surface area is 103 Å². The van der Waals surface area contributed by atoms with Crippen LogP contribution >= 0.6 is 11.6 Å². The van der Waals surface area contributed by atoms with Gasteiger partial charge in [-0.2, -0.15) is 0 Å². The van der Waals surface area contributed by atoms with Gasteiger partial charge in [0.1, 0.15) is 5.82 Å². The minimum Gasteiger partial charge on any atom is -0.481 e. The molecule has 0 aliphatic carbocycles. The molecule has 1 aromatic heterocycles.